The third kappa shape index (κ3) is 2.28. The van der Waals surface area contributed by atoms with E-state index in [0.29, 0.717) is 0 Å². The van der Waals surface area contributed by atoms with E-state index >= 15 is 0 Å². The Hall–Kier alpha value is -1.53. The minimum absolute atomic E-state index is 0.740. The summed E-state index contributed by atoms with van der Waals surface area (Å²) in [4.78, 5) is 0. The van der Waals surface area contributed by atoms with Gasteiger partial charge < -0.3 is 0 Å². The van der Waals surface area contributed by atoms with E-state index in [1.165, 1.54) is 0 Å². The van der Waals surface area contributed by atoms with Crippen molar-refractivity contribution in [3.05, 3.63) is 77.3 Å². The molecule has 0 bridgehead atoms. The summed E-state index contributed by atoms with van der Waals surface area (Å²) in [5.41, 5.74) is 3.19. The van der Waals surface area contributed by atoms with Crippen LogP contribution in [-0.4, -0.2) is 0 Å². The summed E-state index contributed by atoms with van der Waals surface area (Å²) in [6.07, 6.45) is 0. The van der Waals surface area contributed by atoms with E-state index in [1.807, 2.05) is 54.6 Å². The number of halogens is 1. The van der Waals surface area contributed by atoms with Crippen LogP contribution < -0.4 is 0 Å². The van der Waals surface area contributed by atoms with Crippen molar-refractivity contribution >= 4 is 17.2 Å². The topological polar surface area (TPSA) is 0 Å². The van der Waals surface area contributed by atoms with Crippen LogP contribution in [0.4, 0.5) is 0 Å². The van der Waals surface area contributed by atoms with Gasteiger partial charge in [-0.2, -0.15) is 0 Å². The molecule has 0 N–H and O–H groups in total. The number of rotatable bonds is 2. The predicted octanol–water partition coefficient (Wildman–Crippen LogP) is 4.40. The zero-order valence-corrected chi connectivity index (χ0v) is 9.04. The maximum Gasteiger partial charge on any atom is 0.0412 e. The second-order valence-electron chi connectivity index (χ2n) is 3.35. The Morgan fingerprint density at radius 2 is 1.53 bits per heavy atom. The minimum Gasteiger partial charge on any atom is -0.0906 e. The molecular weight excluding hydrogens is 204 g/mol. The van der Waals surface area contributed by atoms with Gasteiger partial charge in [-0.25, -0.2) is 0 Å². The minimum atomic E-state index is 0.740. The molecule has 74 valence electrons. The quantitative estimate of drug-likeness (QED) is 0.695. The van der Waals surface area contributed by atoms with Gasteiger partial charge in [0.1, 0.15) is 0 Å². The van der Waals surface area contributed by atoms with Crippen molar-refractivity contribution in [2.45, 2.75) is 0 Å². The molecule has 0 aliphatic carbocycles. The highest BCUT2D eigenvalue weighted by Gasteiger charge is 2.01. The van der Waals surface area contributed by atoms with E-state index in [2.05, 4.69) is 6.58 Å². The highest BCUT2D eigenvalue weighted by atomic mass is 35.5. The molecule has 0 saturated heterocycles. The maximum absolute atomic E-state index is 5.94. The molecule has 1 heteroatoms. The molecule has 0 fully saturated rings. The van der Waals surface area contributed by atoms with Gasteiger partial charge in [0.2, 0.25) is 0 Å². The molecule has 2 rings (SSSR count). The summed E-state index contributed by atoms with van der Waals surface area (Å²) in [5, 5.41) is 0.740. The largest absolute Gasteiger partial charge is 0.0906 e. The third-order valence-corrected chi connectivity index (χ3v) is 2.53. The Bertz CT molecular complexity index is 472. The number of benzene rings is 2. The lowest BCUT2D eigenvalue weighted by Gasteiger charge is -2.06. The normalized spacial score (nSPS) is 9.93. The van der Waals surface area contributed by atoms with Crippen molar-refractivity contribution in [3.8, 4) is 0 Å². The van der Waals surface area contributed by atoms with E-state index in [4.69, 9.17) is 11.6 Å². The fraction of sp³-hybridized carbons (Fsp3) is 0. The van der Waals surface area contributed by atoms with E-state index < -0.39 is 0 Å². The molecule has 15 heavy (non-hydrogen) atoms. The summed E-state index contributed by atoms with van der Waals surface area (Å²) < 4.78 is 0. The zero-order valence-electron chi connectivity index (χ0n) is 8.28. The molecule has 2 aromatic rings. The van der Waals surface area contributed by atoms with E-state index in [9.17, 15) is 0 Å². The van der Waals surface area contributed by atoms with Crippen molar-refractivity contribution in [1.29, 1.82) is 0 Å². The van der Waals surface area contributed by atoms with Gasteiger partial charge in [-0.15, -0.1) is 0 Å². The van der Waals surface area contributed by atoms with Crippen molar-refractivity contribution in [1.82, 2.24) is 0 Å². The van der Waals surface area contributed by atoms with Gasteiger partial charge >= 0.3 is 0 Å². The van der Waals surface area contributed by atoms with Crippen LogP contribution in [0.15, 0.2) is 61.2 Å². The molecule has 0 nitrogen and oxygen atoms in total. The third-order valence-electron chi connectivity index (χ3n) is 2.30. The number of hydrogen-bond donors (Lipinski definition) is 0. The second-order valence-corrected chi connectivity index (χ2v) is 3.79. The standard InChI is InChI=1S/C14H11Cl/c1-11(12-6-3-2-4-7-12)13-8-5-9-14(15)10-13/h2-10H,1H2. The van der Waals surface area contributed by atoms with Crippen LogP contribution in [0.3, 0.4) is 0 Å². The zero-order chi connectivity index (χ0) is 10.7. The average Bonchev–Trinajstić information content (AvgIpc) is 2.29. The highest BCUT2D eigenvalue weighted by molar-refractivity contribution is 6.30. The van der Waals surface area contributed by atoms with E-state index in [0.717, 1.165) is 21.7 Å². The lowest BCUT2D eigenvalue weighted by molar-refractivity contribution is 1.56. The van der Waals surface area contributed by atoms with Gasteiger partial charge in [0.05, 0.1) is 0 Å². The first kappa shape index (κ1) is 10.0. The Labute approximate surface area is 94.8 Å². The Morgan fingerprint density at radius 1 is 0.867 bits per heavy atom. The van der Waals surface area contributed by atoms with Gasteiger partial charge in [-0.1, -0.05) is 60.6 Å². The summed E-state index contributed by atoms with van der Waals surface area (Å²) in [7, 11) is 0. The summed E-state index contributed by atoms with van der Waals surface area (Å²) in [6.45, 7) is 4.08. The SMILES string of the molecule is C=C(c1ccccc1)c1cccc(Cl)c1. The first-order valence-corrected chi connectivity index (χ1v) is 5.15. The molecule has 0 spiro atoms. The first-order valence-electron chi connectivity index (χ1n) is 4.77. The fourth-order valence-electron chi connectivity index (χ4n) is 1.48. The smallest absolute Gasteiger partial charge is 0.0412 e. The van der Waals surface area contributed by atoms with Gasteiger partial charge in [0.15, 0.2) is 0 Å². The van der Waals surface area contributed by atoms with Gasteiger partial charge in [0, 0.05) is 5.02 Å². The molecule has 0 radical (unpaired) electrons. The molecule has 0 aromatic heterocycles. The van der Waals surface area contributed by atoms with E-state index in [-0.39, 0.29) is 0 Å². The maximum atomic E-state index is 5.94. The summed E-state index contributed by atoms with van der Waals surface area (Å²) in [6, 6.07) is 17.8. The van der Waals surface area contributed by atoms with Gasteiger partial charge in [-0.05, 0) is 28.8 Å². The first-order chi connectivity index (χ1) is 7.27. The Kier molecular flexibility index (Phi) is 2.89. The molecule has 2 aromatic carbocycles. The van der Waals surface area contributed by atoms with Crippen LogP contribution in [0.1, 0.15) is 11.1 Å². The Morgan fingerprint density at radius 3 is 2.20 bits per heavy atom. The van der Waals surface area contributed by atoms with Crippen LogP contribution in [0.2, 0.25) is 5.02 Å². The monoisotopic (exact) mass is 214 g/mol. The lowest BCUT2D eigenvalue weighted by Crippen LogP contribution is -1.85. The van der Waals surface area contributed by atoms with Crippen molar-refractivity contribution in [2.24, 2.45) is 0 Å². The molecule has 0 atom stereocenters. The van der Waals surface area contributed by atoms with Gasteiger partial charge in [-0.3, -0.25) is 0 Å². The Balaban J connectivity index is 2.37. The lowest BCUT2D eigenvalue weighted by atomic mass is 10.00. The highest BCUT2D eigenvalue weighted by Crippen LogP contribution is 2.23. The molecule has 0 saturated carbocycles. The summed E-state index contributed by atoms with van der Waals surface area (Å²) in [5.74, 6) is 0. The van der Waals surface area contributed by atoms with Crippen LogP contribution in [0, 0.1) is 0 Å². The van der Waals surface area contributed by atoms with Crippen LogP contribution in [0.5, 0.6) is 0 Å². The van der Waals surface area contributed by atoms with Crippen LogP contribution in [-0.2, 0) is 0 Å². The van der Waals surface area contributed by atoms with Crippen molar-refractivity contribution < 1.29 is 0 Å². The molecule has 0 unspecified atom stereocenters. The molecular formula is C14H11Cl. The fourth-order valence-corrected chi connectivity index (χ4v) is 1.67. The summed E-state index contributed by atoms with van der Waals surface area (Å²) >= 11 is 5.94. The van der Waals surface area contributed by atoms with E-state index in [1.54, 1.807) is 0 Å². The number of hydrogen-bond acceptors (Lipinski definition) is 0. The molecule has 0 aliphatic heterocycles. The van der Waals surface area contributed by atoms with Crippen LogP contribution in [0.25, 0.3) is 5.57 Å². The molecule has 0 amide bonds. The average molecular weight is 215 g/mol. The van der Waals surface area contributed by atoms with Crippen LogP contribution >= 0.6 is 11.6 Å². The second kappa shape index (κ2) is 4.33. The predicted molar refractivity (Wildman–Crippen MR) is 66.0 cm³/mol. The van der Waals surface area contributed by atoms with Crippen molar-refractivity contribution in [2.75, 3.05) is 0 Å². The molecule has 0 heterocycles. The van der Waals surface area contributed by atoms with Crippen molar-refractivity contribution in [3.63, 3.8) is 0 Å². The van der Waals surface area contributed by atoms with Gasteiger partial charge in [0.25, 0.3) is 0 Å². The molecule has 0 aliphatic rings.